The van der Waals surface area contributed by atoms with E-state index in [2.05, 4.69) is 19.9 Å². The van der Waals surface area contributed by atoms with Crippen LogP contribution in [0.1, 0.15) is 28.1 Å². The van der Waals surface area contributed by atoms with Gasteiger partial charge in [0.1, 0.15) is 5.75 Å². The Balaban J connectivity index is 1.85. The molecule has 0 spiro atoms. The molecule has 0 saturated heterocycles. The average molecular weight is 318 g/mol. The van der Waals surface area contributed by atoms with Gasteiger partial charge in [-0.3, -0.25) is 9.88 Å². The van der Waals surface area contributed by atoms with Crippen LogP contribution >= 0.6 is 12.2 Å². The Morgan fingerprint density at radius 1 is 1.36 bits per heavy atom. The Morgan fingerprint density at radius 3 is 2.95 bits per heavy atom. The van der Waals surface area contributed by atoms with Crippen molar-refractivity contribution < 1.29 is 10.2 Å². The lowest BCUT2D eigenvalue weighted by Crippen LogP contribution is -2.31. The number of nitrogens with one attached hydrogen (secondary N) is 1. The Labute approximate surface area is 133 Å². The van der Waals surface area contributed by atoms with E-state index in [9.17, 15) is 10.2 Å². The van der Waals surface area contributed by atoms with Crippen molar-refractivity contribution in [2.75, 3.05) is 6.54 Å². The molecule has 0 atom stereocenters. The highest BCUT2D eigenvalue weighted by Crippen LogP contribution is 2.27. The number of aryl methyl sites for hydroxylation is 1. The van der Waals surface area contributed by atoms with Crippen molar-refractivity contribution in [1.29, 1.82) is 0 Å². The van der Waals surface area contributed by atoms with E-state index in [4.69, 9.17) is 12.2 Å². The van der Waals surface area contributed by atoms with Gasteiger partial charge in [-0.2, -0.15) is 0 Å². The van der Waals surface area contributed by atoms with E-state index in [-0.39, 0.29) is 12.4 Å². The van der Waals surface area contributed by atoms with Crippen LogP contribution in [-0.4, -0.2) is 36.6 Å². The molecular formula is C15H18N4O2S. The average Bonchev–Trinajstić information content (AvgIpc) is 2.52. The van der Waals surface area contributed by atoms with Crippen LogP contribution < -0.4 is 0 Å². The van der Waals surface area contributed by atoms with E-state index in [0.717, 1.165) is 36.3 Å². The predicted molar refractivity (Wildman–Crippen MR) is 83.8 cm³/mol. The summed E-state index contributed by atoms with van der Waals surface area (Å²) < 4.78 is 0.511. The second-order valence-corrected chi connectivity index (χ2v) is 5.89. The summed E-state index contributed by atoms with van der Waals surface area (Å²) in [6.45, 7) is 3.79. The van der Waals surface area contributed by atoms with E-state index in [1.807, 2.05) is 6.20 Å². The lowest BCUT2D eigenvalue weighted by atomic mass is 10.0. The molecule has 3 rings (SSSR count). The van der Waals surface area contributed by atoms with Crippen molar-refractivity contribution in [1.82, 2.24) is 19.9 Å². The Morgan fingerprint density at radius 2 is 2.18 bits per heavy atom. The molecule has 0 radical (unpaired) electrons. The number of aromatic amines is 1. The van der Waals surface area contributed by atoms with E-state index in [1.165, 1.54) is 0 Å². The van der Waals surface area contributed by atoms with Crippen molar-refractivity contribution >= 4 is 12.2 Å². The number of hydrogen-bond acceptors (Lipinski definition) is 6. The maximum atomic E-state index is 10.2. The van der Waals surface area contributed by atoms with Gasteiger partial charge in [-0.25, -0.2) is 4.98 Å². The molecule has 0 amide bonds. The fraction of sp³-hybridized carbons (Fsp3) is 0.400. The van der Waals surface area contributed by atoms with Crippen molar-refractivity contribution in [2.45, 2.75) is 33.0 Å². The van der Waals surface area contributed by atoms with Crippen molar-refractivity contribution in [2.24, 2.45) is 0 Å². The fourth-order valence-corrected chi connectivity index (χ4v) is 2.94. The van der Waals surface area contributed by atoms with Crippen molar-refractivity contribution in [3.05, 3.63) is 45.2 Å². The summed E-state index contributed by atoms with van der Waals surface area (Å²) >= 11 is 5.05. The summed E-state index contributed by atoms with van der Waals surface area (Å²) in [6.07, 6.45) is 4.30. The quantitative estimate of drug-likeness (QED) is 0.745. The summed E-state index contributed by atoms with van der Waals surface area (Å²) in [7, 11) is 0. The van der Waals surface area contributed by atoms with Gasteiger partial charge in [0, 0.05) is 60.8 Å². The number of fused-ring (bicyclic) bond motifs is 1. The monoisotopic (exact) mass is 318 g/mol. The first-order valence-corrected chi connectivity index (χ1v) is 7.56. The molecule has 7 heteroatoms. The van der Waals surface area contributed by atoms with Crippen LogP contribution in [0.5, 0.6) is 5.75 Å². The summed E-state index contributed by atoms with van der Waals surface area (Å²) in [5.41, 5.74) is 4.24. The molecule has 0 fully saturated rings. The summed E-state index contributed by atoms with van der Waals surface area (Å²) in [5, 5.41) is 19.7. The number of pyridine rings is 1. The molecule has 0 unspecified atom stereocenters. The number of aromatic hydroxyl groups is 1. The minimum Gasteiger partial charge on any atom is -0.506 e. The number of aliphatic hydroxyl groups is 1. The zero-order valence-electron chi connectivity index (χ0n) is 12.3. The van der Waals surface area contributed by atoms with Gasteiger partial charge in [0.25, 0.3) is 0 Å². The van der Waals surface area contributed by atoms with E-state index < -0.39 is 0 Å². The van der Waals surface area contributed by atoms with Crippen LogP contribution in [0, 0.1) is 11.7 Å². The second-order valence-electron chi connectivity index (χ2n) is 5.51. The molecule has 2 aromatic heterocycles. The molecule has 0 aromatic carbocycles. The Kier molecular flexibility index (Phi) is 4.19. The first-order chi connectivity index (χ1) is 10.6. The Bertz CT molecular complexity index is 760. The number of aromatic nitrogens is 3. The molecular weight excluding hydrogens is 300 g/mol. The minimum atomic E-state index is -0.130. The molecule has 0 bridgehead atoms. The van der Waals surface area contributed by atoms with Gasteiger partial charge in [0.05, 0.1) is 12.3 Å². The van der Waals surface area contributed by atoms with Crippen LogP contribution in [0.2, 0.25) is 0 Å². The summed E-state index contributed by atoms with van der Waals surface area (Å²) in [6, 6.07) is 0. The molecule has 3 heterocycles. The zero-order chi connectivity index (χ0) is 15.7. The lowest BCUT2D eigenvalue weighted by Gasteiger charge is -2.29. The van der Waals surface area contributed by atoms with E-state index in [0.29, 0.717) is 22.6 Å². The van der Waals surface area contributed by atoms with Gasteiger partial charge >= 0.3 is 0 Å². The van der Waals surface area contributed by atoms with Gasteiger partial charge < -0.3 is 15.2 Å². The molecule has 0 saturated carbocycles. The van der Waals surface area contributed by atoms with Gasteiger partial charge in [0.15, 0.2) is 4.77 Å². The first kappa shape index (κ1) is 15.1. The van der Waals surface area contributed by atoms with E-state index >= 15 is 0 Å². The highest BCUT2D eigenvalue weighted by Gasteiger charge is 2.20. The third kappa shape index (κ3) is 2.87. The second kappa shape index (κ2) is 6.12. The molecule has 2 aromatic rings. The van der Waals surface area contributed by atoms with Gasteiger partial charge in [-0.1, -0.05) is 0 Å². The van der Waals surface area contributed by atoms with Gasteiger partial charge in [-0.15, -0.1) is 0 Å². The maximum Gasteiger partial charge on any atom is 0.196 e. The summed E-state index contributed by atoms with van der Waals surface area (Å²) in [4.78, 5) is 13.6. The highest BCUT2D eigenvalue weighted by atomic mass is 32.1. The molecule has 0 aliphatic carbocycles. The van der Waals surface area contributed by atoms with Gasteiger partial charge in [0.2, 0.25) is 0 Å². The number of H-pyrrole nitrogens is 1. The van der Waals surface area contributed by atoms with Crippen LogP contribution in [0.4, 0.5) is 0 Å². The minimum absolute atomic E-state index is 0.130. The molecule has 116 valence electrons. The number of hydrogen-bond donors (Lipinski definition) is 3. The third-order valence-electron chi connectivity index (χ3n) is 4.04. The van der Waals surface area contributed by atoms with Crippen LogP contribution in [0.25, 0.3) is 0 Å². The molecule has 22 heavy (non-hydrogen) atoms. The smallest absolute Gasteiger partial charge is 0.196 e. The standard InChI is InChI=1S/C15H18N4O2S/c1-9-14(21)12(11(8-20)5-16-9)7-19-3-2-13-10(6-19)4-17-15(22)18-13/h4-5,20-21H,2-3,6-8H2,1H3,(H,17,18,22). The van der Waals surface area contributed by atoms with Crippen LogP contribution in [-0.2, 0) is 26.1 Å². The molecule has 1 aliphatic heterocycles. The Hall–Kier alpha value is -1.83. The fourth-order valence-electron chi connectivity index (χ4n) is 2.76. The largest absolute Gasteiger partial charge is 0.506 e. The lowest BCUT2D eigenvalue weighted by molar-refractivity contribution is 0.232. The van der Waals surface area contributed by atoms with E-state index in [1.54, 1.807) is 13.1 Å². The van der Waals surface area contributed by atoms with Crippen molar-refractivity contribution in [3.63, 3.8) is 0 Å². The van der Waals surface area contributed by atoms with Crippen molar-refractivity contribution in [3.8, 4) is 5.75 Å². The predicted octanol–water partition coefficient (Wildman–Crippen LogP) is 1.60. The highest BCUT2D eigenvalue weighted by molar-refractivity contribution is 7.71. The molecule has 1 aliphatic rings. The number of rotatable bonds is 3. The van der Waals surface area contributed by atoms with Crippen LogP contribution in [0.15, 0.2) is 12.4 Å². The molecule has 3 N–H and O–H groups in total. The number of aliphatic hydroxyl groups excluding tert-OH is 1. The normalized spacial score (nSPS) is 14.8. The first-order valence-electron chi connectivity index (χ1n) is 7.15. The molecule has 6 nitrogen and oxygen atoms in total. The summed E-state index contributed by atoms with van der Waals surface area (Å²) in [5.74, 6) is 0.169. The zero-order valence-corrected chi connectivity index (χ0v) is 13.2. The van der Waals surface area contributed by atoms with Crippen LogP contribution in [0.3, 0.4) is 0 Å². The number of nitrogens with zero attached hydrogens (tertiary/aromatic N) is 3. The third-order valence-corrected chi connectivity index (χ3v) is 4.24. The maximum absolute atomic E-state index is 10.2. The topological polar surface area (TPSA) is 85.3 Å². The SMILES string of the molecule is Cc1ncc(CO)c(CN2CCc3[nH]c(=S)ncc3C2)c1O. The van der Waals surface area contributed by atoms with Gasteiger partial charge in [-0.05, 0) is 19.1 Å².